The minimum atomic E-state index is -0.671. The van der Waals surface area contributed by atoms with Crippen molar-refractivity contribution in [3.63, 3.8) is 0 Å². The lowest BCUT2D eigenvalue weighted by Crippen LogP contribution is -2.21. The molecule has 3 nitrogen and oxygen atoms in total. The Morgan fingerprint density at radius 2 is 2.00 bits per heavy atom. The fraction of sp³-hybridized carbons (Fsp3) is 0.615. The van der Waals surface area contributed by atoms with E-state index in [0.29, 0.717) is 0 Å². The highest BCUT2D eigenvalue weighted by Gasteiger charge is 2.25. The van der Waals surface area contributed by atoms with Gasteiger partial charge in [-0.1, -0.05) is 19.8 Å². The third kappa shape index (κ3) is 3.09. The Bertz CT molecular complexity index is 419. The molecule has 0 amide bonds. The summed E-state index contributed by atoms with van der Waals surface area (Å²) in [6, 6.07) is 1.07. The maximum Gasteiger partial charge on any atom is 0.168 e. The van der Waals surface area contributed by atoms with E-state index < -0.39 is 11.6 Å². The zero-order valence-electron chi connectivity index (χ0n) is 10.8. The SMILES string of the molecule is CCC(CC1CC1)Nc1nc(NC)c(F)cc1F. The van der Waals surface area contributed by atoms with Gasteiger partial charge in [0.2, 0.25) is 0 Å². The first-order valence-corrected chi connectivity index (χ1v) is 6.44. The number of nitrogens with one attached hydrogen (secondary N) is 2. The van der Waals surface area contributed by atoms with Gasteiger partial charge in [-0.05, 0) is 18.8 Å². The highest BCUT2D eigenvalue weighted by molar-refractivity contribution is 5.47. The van der Waals surface area contributed by atoms with Crippen LogP contribution in [0.3, 0.4) is 0 Å². The molecule has 0 radical (unpaired) electrons. The van der Waals surface area contributed by atoms with E-state index in [4.69, 9.17) is 0 Å². The minimum absolute atomic E-state index is 0.0696. The number of rotatable bonds is 6. The molecule has 2 N–H and O–H groups in total. The van der Waals surface area contributed by atoms with E-state index in [2.05, 4.69) is 22.5 Å². The molecule has 1 fully saturated rings. The van der Waals surface area contributed by atoms with Crippen LogP contribution < -0.4 is 10.6 Å². The van der Waals surface area contributed by atoms with E-state index in [1.807, 2.05) is 0 Å². The summed E-state index contributed by atoms with van der Waals surface area (Å²) in [6.45, 7) is 2.06. The lowest BCUT2D eigenvalue weighted by atomic mass is 10.1. The summed E-state index contributed by atoms with van der Waals surface area (Å²) < 4.78 is 26.9. The quantitative estimate of drug-likeness (QED) is 0.818. The molecule has 0 spiro atoms. The Kier molecular flexibility index (Phi) is 3.99. The molecule has 1 unspecified atom stereocenters. The highest BCUT2D eigenvalue weighted by atomic mass is 19.1. The molecule has 0 bridgehead atoms. The average molecular weight is 255 g/mol. The fourth-order valence-electron chi connectivity index (χ4n) is 2.02. The first-order valence-electron chi connectivity index (χ1n) is 6.44. The van der Waals surface area contributed by atoms with Crippen molar-refractivity contribution >= 4 is 11.6 Å². The van der Waals surface area contributed by atoms with E-state index in [0.717, 1.165) is 24.8 Å². The van der Waals surface area contributed by atoms with Gasteiger partial charge < -0.3 is 10.6 Å². The number of anilines is 2. The molecule has 1 aliphatic rings. The van der Waals surface area contributed by atoms with E-state index in [1.165, 1.54) is 12.8 Å². The smallest absolute Gasteiger partial charge is 0.168 e. The van der Waals surface area contributed by atoms with Gasteiger partial charge >= 0.3 is 0 Å². The molecule has 100 valence electrons. The number of hydrogen-bond acceptors (Lipinski definition) is 3. The lowest BCUT2D eigenvalue weighted by molar-refractivity contribution is 0.557. The van der Waals surface area contributed by atoms with Crippen molar-refractivity contribution in [1.29, 1.82) is 0 Å². The molecule has 0 aliphatic heterocycles. The Labute approximate surface area is 106 Å². The molecule has 0 aromatic carbocycles. The van der Waals surface area contributed by atoms with Gasteiger partial charge in [-0.3, -0.25) is 0 Å². The van der Waals surface area contributed by atoms with Crippen molar-refractivity contribution in [3.05, 3.63) is 17.7 Å². The van der Waals surface area contributed by atoms with Gasteiger partial charge in [-0.25, -0.2) is 13.8 Å². The number of nitrogens with zero attached hydrogens (tertiary/aromatic N) is 1. The number of aromatic nitrogens is 1. The maximum absolute atomic E-state index is 13.6. The van der Waals surface area contributed by atoms with Crippen LogP contribution in [0.4, 0.5) is 20.4 Å². The maximum atomic E-state index is 13.6. The van der Waals surface area contributed by atoms with E-state index in [-0.39, 0.29) is 17.7 Å². The molecule has 1 aromatic heterocycles. The second-order valence-corrected chi connectivity index (χ2v) is 4.83. The molecule has 1 heterocycles. The Morgan fingerprint density at radius 1 is 1.33 bits per heavy atom. The van der Waals surface area contributed by atoms with Gasteiger partial charge in [-0.2, -0.15) is 0 Å². The summed E-state index contributed by atoms with van der Waals surface area (Å²) in [6.07, 6.45) is 4.46. The van der Waals surface area contributed by atoms with Crippen LogP contribution in [0.5, 0.6) is 0 Å². The van der Waals surface area contributed by atoms with Crippen LogP contribution in [0.1, 0.15) is 32.6 Å². The summed E-state index contributed by atoms with van der Waals surface area (Å²) in [4.78, 5) is 3.93. The van der Waals surface area contributed by atoms with Crippen LogP contribution in [0, 0.1) is 17.6 Å². The molecule has 1 atom stereocenters. The van der Waals surface area contributed by atoms with Crippen LogP contribution in [-0.4, -0.2) is 18.1 Å². The first-order chi connectivity index (χ1) is 8.63. The monoisotopic (exact) mass is 255 g/mol. The van der Waals surface area contributed by atoms with Gasteiger partial charge in [0.1, 0.15) is 0 Å². The molecule has 2 rings (SSSR count). The lowest BCUT2D eigenvalue weighted by Gasteiger charge is -2.18. The molecule has 1 aliphatic carbocycles. The van der Waals surface area contributed by atoms with Crippen LogP contribution in [-0.2, 0) is 0 Å². The van der Waals surface area contributed by atoms with Crippen LogP contribution >= 0.6 is 0 Å². The summed E-state index contributed by atoms with van der Waals surface area (Å²) in [5.41, 5.74) is 0. The van der Waals surface area contributed by atoms with Crippen LogP contribution in [0.2, 0.25) is 0 Å². The zero-order valence-corrected chi connectivity index (χ0v) is 10.8. The summed E-state index contributed by atoms with van der Waals surface area (Å²) >= 11 is 0. The zero-order chi connectivity index (χ0) is 13.1. The minimum Gasteiger partial charge on any atom is -0.371 e. The van der Waals surface area contributed by atoms with Gasteiger partial charge in [0.05, 0.1) is 0 Å². The molecule has 1 saturated carbocycles. The second-order valence-electron chi connectivity index (χ2n) is 4.83. The molecular weight excluding hydrogens is 236 g/mol. The molecule has 0 saturated heterocycles. The largest absolute Gasteiger partial charge is 0.371 e. The number of halogens is 2. The van der Waals surface area contributed by atoms with E-state index in [9.17, 15) is 8.78 Å². The normalized spacial score (nSPS) is 16.4. The number of hydrogen-bond donors (Lipinski definition) is 2. The van der Waals surface area contributed by atoms with Crippen molar-refractivity contribution in [2.24, 2.45) is 5.92 Å². The molecule has 5 heteroatoms. The first kappa shape index (κ1) is 13.1. The Hall–Kier alpha value is -1.39. The van der Waals surface area contributed by atoms with Crippen molar-refractivity contribution in [1.82, 2.24) is 4.98 Å². The third-order valence-corrected chi connectivity index (χ3v) is 3.31. The van der Waals surface area contributed by atoms with E-state index >= 15 is 0 Å². The summed E-state index contributed by atoms with van der Waals surface area (Å²) in [7, 11) is 1.56. The van der Waals surface area contributed by atoms with Crippen molar-refractivity contribution in [3.8, 4) is 0 Å². The Balaban J connectivity index is 2.10. The van der Waals surface area contributed by atoms with Gasteiger partial charge in [0.15, 0.2) is 23.3 Å². The molecular formula is C13H19F2N3. The highest BCUT2D eigenvalue weighted by Crippen LogP contribution is 2.35. The number of pyridine rings is 1. The van der Waals surface area contributed by atoms with Crippen molar-refractivity contribution in [2.75, 3.05) is 17.7 Å². The van der Waals surface area contributed by atoms with Gasteiger partial charge in [0.25, 0.3) is 0 Å². The fourth-order valence-corrected chi connectivity index (χ4v) is 2.02. The van der Waals surface area contributed by atoms with Crippen molar-refractivity contribution < 1.29 is 8.78 Å². The Morgan fingerprint density at radius 3 is 2.56 bits per heavy atom. The predicted octanol–water partition coefficient (Wildman–Crippen LogP) is 3.39. The standard InChI is InChI=1S/C13H19F2N3/c1-3-9(6-8-4-5-8)17-13-11(15)7-10(14)12(16-2)18-13/h7-9H,3-6H2,1-2H3,(H2,16,17,18). The topological polar surface area (TPSA) is 37.0 Å². The summed E-state index contributed by atoms with van der Waals surface area (Å²) in [5.74, 6) is -0.348. The van der Waals surface area contributed by atoms with Crippen LogP contribution in [0.25, 0.3) is 0 Å². The van der Waals surface area contributed by atoms with E-state index in [1.54, 1.807) is 7.05 Å². The predicted molar refractivity (Wildman–Crippen MR) is 68.7 cm³/mol. The second kappa shape index (κ2) is 5.50. The third-order valence-electron chi connectivity index (χ3n) is 3.31. The summed E-state index contributed by atoms with van der Waals surface area (Å²) in [5, 5.41) is 5.69. The van der Waals surface area contributed by atoms with Crippen molar-refractivity contribution in [2.45, 2.75) is 38.6 Å². The average Bonchev–Trinajstić information content (AvgIpc) is 3.15. The van der Waals surface area contributed by atoms with Gasteiger partial charge in [-0.15, -0.1) is 0 Å². The molecule has 1 aromatic rings. The van der Waals surface area contributed by atoms with Crippen LogP contribution in [0.15, 0.2) is 6.07 Å². The van der Waals surface area contributed by atoms with Gasteiger partial charge in [0, 0.05) is 19.2 Å². The molecule has 18 heavy (non-hydrogen) atoms.